The van der Waals surface area contributed by atoms with E-state index in [0.29, 0.717) is 24.4 Å². The minimum absolute atomic E-state index is 0.0956. The molecule has 1 saturated heterocycles. The summed E-state index contributed by atoms with van der Waals surface area (Å²) < 4.78 is 30.6. The van der Waals surface area contributed by atoms with E-state index >= 15 is 0 Å². The van der Waals surface area contributed by atoms with Crippen molar-refractivity contribution in [1.82, 2.24) is 9.61 Å². The first-order chi connectivity index (χ1) is 26.7. The number of rotatable bonds is 29. The molecule has 1 aliphatic rings. The maximum absolute atomic E-state index is 11.0. The molecule has 1 aliphatic heterocycles. The summed E-state index contributed by atoms with van der Waals surface area (Å²) >= 11 is 5.28. The van der Waals surface area contributed by atoms with Gasteiger partial charge in [-0.25, -0.2) is 4.52 Å². The van der Waals surface area contributed by atoms with E-state index in [2.05, 4.69) is 12.0 Å². The number of nitrogens with zero attached hydrogens (tertiary/aromatic N) is 3. The summed E-state index contributed by atoms with van der Waals surface area (Å²) in [6.45, 7) is -0.991. The fraction of sp³-hybridized carbons (Fsp3) is 0.659. The average molecular weight is 803 g/mol. The van der Waals surface area contributed by atoms with Crippen LogP contribution in [0, 0.1) is 11.3 Å². The lowest BCUT2D eigenvalue weighted by Gasteiger charge is -2.25. The molecule has 14 heteroatoms. The molecule has 3 heterocycles. The third kappa shape index (κ3) is 14.5. The molecule has 3 aromatic rings. The van der Waals surface area contributed by atoms with Crippen molar-refractivity contribution < 1.29 is 38.4 Å². The van der Waals surface area contributed by atoms with Gasteiger partial charge in [-0.05, 0) is 42.0 Å². The molecule has 0 bridgehead atoms. The van der Waals surface area contributed by atoms with Gasteiger partial charge in [0.15, 0.2) is 0 Å². The van der Waals surface area contributed by atoms with E-state index in [9.17, 15) is 20.4 Å². The van der Waals surface area contributed by atoms with Gasteiger partial charge in [-0.3, -0.25) is 0 Å². The fourth-order valence-electron chi connectivity index (χ4n) is 6.92. The Bertz CT molecular complexity index is 1610. The number of ether oxygens (including phenoxy) is 3. The number of nitrogens with two attached hydrogens (primary N) is 1. The van der Waals surface area contributed by atoms with Crippen molar-refractivity contribution in [3.63, 3.8) is 0 Å². The first-order valence-electron chi connectivity index (χ1n) is 20.2. The van der Waals surface area contributed by atoms with Gasteiger partial charge in [-0.1, -0.05) is 134 Å². The van der Waals surface area contributed by atoms with Crippen molar-refractivity contribution in [3.05, 3.63) is 66.0 Å². The molecule has 0 spiro atoms. The normalized spacial score (nSPS) is 21.5. The van der Waals surface area contributed by atoms with Gasteiger partial charge < -0.3 is 44.1 Å². The lowest BCUT2D eigenvalue weighted by atomic mass is 9.92. The molecule has 0 amide bonds. The number of aromatic nitrogens is 2. The summed E-state index contributed by atoms with van der Waals surface area (Å²) in [6.07, 6.45) is 17.4. The maximum atomic E-state index is 11.0. The number of benzene rings is 1. The van der Waals surface area contributed by atoms with Gasteiger partial charge in [0.2, 0.25) is 5.60 Å². The molecule has 0 radical (unpaired) electrons. The monoisotopic (exact) mass is 802 g/mol. The highest BCUT2D eigenvalue weighted by Crippen LogP contribution is 2.46. The topological polar surface area (TPSA) is 174 Å². The second-order valence-corrected chi connectivity index (χ2v) is 17.4. The summed E-state index contributed by atoms with van der Waals surface area (Å²) in [4.78, 5) is 10.9. The maximum Gasteiger partial charge on any atom is 0.324 e. The predicted octanol–water partition coefficient (Wildman–Crippen LogP) is 7.87. The van der Waals surface area contributed by atoms with Crippen LogP contribution in [0.25, 0.3) is 5.52 Å². The number of nitrogen functional groups attached to an aromatic ring is 1. The van der Waals surface area contributed by atoms with Crippen LogP contribution in [0.3, 0.4) is 0 Å². The number of anilines is 1. The zero-order valence-corrected chi connectivity index (χ0v) is 34.2. The first kappa shape index (κ1) is 45.2. The quantitative estimate of drug-likeness (QED) is 0.0396. The Morgan fingerprint density at radius 1 is 0.891 bits per heavy atom. The molecule has 0 unspecified atom stereocenters. The lowest BCUT2D eigenvalue weighted by Crippen LogP contribution is -2.41. The van der Waals surface area contributed by atoms with E-state index in [4.69, 9.17) is 40.8 Å². The van der Waals surface area contributed by atoms with Crippen LogP contribution in [0.5, 0.6) is 0 Å². The minimum Gasteiger partial charge on any atom is -0.397 e. The van der Waals surface area contributed by atoms with Gasteiger partial charge >= 0.3 is 6.72 Å². The molecule has 6 atom stereocenters. The summed E-state index contributed by atoms with van der Waals surface area (Å²) in [5, 5.41) is 36.3. The molecule has 4 rings (SSSR count). The number of hydrogen-bond acceptors (Lipinski definition) is 11. The van der Waals surface area contributed by atoms with Crippen molar-refractivity contribution >= 4 is 29.7 Å². The zero-order valence-electron chi connectivity index (χ0n) is 32.5. The van der Waals surface area contributed by atoms with Gasteiger partial charge in [0.25, 0.3) is 0 Å². The highest BCUT2D eigenvalue weighted by molar-refractivity contribution is 8.07. The SMILES string of the molecule is CCCCCCCCCCCCCCCCCCOC[C@H](CO[P@](O)(=S)OC[C@H]1O[C@@](C#N)(c2ccc3c(N)ccnn23)[C@H](O)[C@@H]1O)OCc1ccccc1. The van der Waals surface area contributed by atoms with E-state index < -0.39 is 43.3 Å². The number of fused-ring (bicyclic) bond motifs is 1. The third-order valence-corrected chi connectivity index (χ3v) is 11.8. The van der Waals surface area contributed by atoms with Crippen LogP contribution in [0.15, 0.2) is 54.7 Å². The van der Waals surface area contributed by atoms with Crippen LogP contribution < -0.4 is 5.73 Å². The van der Waals surface area contributed by atoms with Crippen molar-refractivity contribution in [2.24, 2.45) is 0 Å². The number of aliphatic hydroxyl groups excluding tert-OH is 2. The first-order valence-corrected chi connectivity index (χ1v) is 22.8. The Hall–Kier alpha value is -2.47. The Balaban J connectivity index is 1.15. The van der Waals surface area contributed by atoms with E-state index in [1.807, 2.05) is 36.4 Å². The van der Waals surface area contributed by atoms with E-state index in [1.54, 1.807) is 18.2 Å². The molecule has 0 aliphatic carbocycles. The second kappa shape index (κ2) is 24.3. The Labute approximate surface area is 332 Å². The van der Waals surface area contributed by atoms with Gasteiger partial charge in [0.1, 0.15) is 30.5 Å². The van der Waals surface area contributed by atoms with Crippen LogP contribution in [-0.4, -0.2) is 75.6 Å². The molecular formula is C41H63N4O8PS. The average Bonchev–Trinajstić information content (AvgIpc) is 3.74. The fourth-order valence-corrected chi connectivity index (χ4v) is 8.05. The van der Waals surface area contributed by atoms with E-state index in [-0.39, 0.29) is 18.9 Å². The number of aliphatic hydroxyl groups is 2. The van der Waals surface area contributed by atoms with Crippen molar-refractivity contribution in [2.45, 2.75) is 146 Å². The number of unbranched alkanes of at least 4 members (excludes halogenated alkanes) is 15. The third-order valence-electron chi connectivity index (χ3n) is 10.2. The van der Waals surface area contributed by atoms with E-state index in [1.165, 1.54) is 101 Å². The Morgan fingerprint density at radius 3 is 2.13 bits per heavy atom. The summed E-state index contributed by atoms with van der Waals surface area (Å²) in [5.41, 5.74) is 6.14. The highest BCUT2D eigenvalue weighted by atomic mass is 32.5. The van der Waals surface area contributed by atoms with E-state index in [0.717, 1.165) is 18.4 Å². The Morgan fingerprint density at radius 2 is 1.51 bits per heavy atom. The molecule has 5 N–H and O–H groups in total. The number of hydrogen-bond donors (Lipinski definition) is 4. The van der Waals surface area contributed by atoms with Crippen LogP contribution in [0.2, 0.25) is 0 Å². The summed E-state index contributed by atoms with van der Waals surface area (Å²) in [7, 11) is 0. The van der Waals surface area contributed by atoms with Crippen molar-refractivity contribution in [3.8, 4) is 6.07 Å². The van der Waals surface area contributed by atoms with Crippen molar-refractivity contribution in [2.75, 3.05) is 32.2 Å². The molecule has 306 valence electrons. The van der Waals surface area contributed by atoms with Gasteiger partial charge in [0, 0.05) is 12.8 Å². The second-order valence-electron chi connectivity index (χ2n) is 14.6. The van der Waals surface area contributed by atoms with Crippen LogP contribution >= 0.6 is 6.72 Å². The predicted molar refractivity (Wildman–Crippen MR) is 218 cm³/mol. The van der Waals surface area contributed by atoms with Gasteiger partial charge in [-0.15, -0.1) is 0 Å². The molecular weight excluding hydrogens is 740 g/mol. The molecule has 0 saturated carbocycles. The molecule has 55 heavy (non-hydrogen) atoms. The molecule has 12 nitrogen and oxygen atoms in total. The molecule has 1 aromatic carbocycles. The summed E-state index contributed by atoms with van der Waals surface area (Å²) in [6, 6.07) is 16.5. The lowest BCUT2D eigenvalue weighted by molar-refractivity contribution is -0.0660. The molecule has 1 fully saturated rings. The number of nitriles is 1. The van der Waals surface area contributed by atoms with Gasteiger partial charge in [0.05, 0.1) is 43.3 Å². The van der Waals surface area contributed by atoms with Crippen LogP contribution in [-0.2, 0) is 47.3 Å². The summed E-state index contributed by atoms with van der Waals surface area (Å²) in [5.74, 6) is 0. The van der Waals surface area contributed by atoms with Crippen molar-refractivity contribution in [1.29, 1.82) is 5.26 Å². The Kier molecular flexibility index (Phi) is 20.0. The molecule has 2 aromatic heterocycles. The smallest absolute Gasteiger partial charge is 0.324 e. The largest absolute Gasteiger partial charge is 0.397 e. The van der Waals surface area contributed by atoms with Crippen LogP contribution in [0.4, 0.5) is 5.69 Å². The minimum atomic E-state index is -3.87. The highest BCUT2D eigenvalue weighted by Gasteiger charge is 2.57. The standard InChI is InChI=1S/C41H63N4O8PS/c1-2-3-4-5-6-7-8-9-10-11-12-13-14-15-16-20-27-49-29-34(50-28-33-21-18-17-19-22-33)30-51-54(48,55)52-31-37-39(46)40(47)41(32-42,53-37)38-24-23-36-35(43)25-26-44-45(36)38/h17-19,21-26,34,37,39-40,46-47H,2-16,20,27-31,43H2,1H3,(H,48,55)/t34-,37-,39-,40-,41+,54+/m1/s1. The van der Waals surface area contributed by atoms with Crippen LogP contribution in [0.1, 0.15) is 121 Å². The zero-order chi connectivity index (χ0) is 39.4. The van der Waals surface area contributed by atoms with Gasteiger partial charge in [-0.2, -0.15) is 10.4 Å².